The number of methoxy groups -OCH3 is 1. The number of nitrogens with zero attached hydrogens (tertiary/aromatic N) is 2. The van der Waals surface area contributed by atoms with E-state index in [0.29, 0.717) is 26.4 Å². The highest BCUT2D eigenvalue weighted by Gasteiger charge is 2.10. The van der Waals surface area contributed by atoms with Gasteiger partial charge < -0.3 is 23.8 Å². The first-order chi connectivity index (χ1) is 12.6. The highest BCUT2D eigenvalue weighted by Crippen LogP contribution is 2.15. The van der Waals surface area contributed by atoms with Crippen molar-refractivity contribution in [3.63, 3.8) is 0 Å². The second-order valence-electron chi connectivity index (χ2n) is 5.51. The Morgan fingerprint density at radius 2 is 1.62 bits per heavy atom. The molecule has 0 atom stereocenters. The van der Waals surface area contributed by atoms with Crippen LogP contribution in [0.3, 0.4) is 0 Å². The molecular formula is C19H26N2O5. The van der Waals surface area contributed by atoms with Gasteiger partial charge in [-0.25, -0.2) is 4.79 Å². The quantitative estimate of drug-likeness (QED) is 0.243. The van der Waals surface area contributed by atoms with Crippen LogP contribution in [0, 0.1) is 11.3 Å². The lowest BCUT2D eigenvalue weighted by molar-refractivity contribution is -0.140. The summed E-state index contributed by atoms with van der Waals surface area (Å²) >= 11 is 0. The number of nitriles is 1. The number of anilines is 1. The number of benzene rings is 1. The summed E-state index contributed by atoms with van der Waals surface area (Å²) in [7, 11) is 5.49. The maximum atomic E-state index is 11.9. The summed E-state index contributed by atoms with van der Waals surface area (Å²) in [5.74, 6) is -0.663. The topological polar surface area (TPSA) is 81.0 Å². The van der Waals surface area contributed by atoms with Crippen molar-refractivity contribution in [3.05, 3.63) is 35.4 Å². The fourth-order valence-electron chi connectivity index (χ4n) is 1.91. The Morgan fingerprint density at radius 3 is 2.15 bits per heavy atom. The van der Waals surface area contributed by atoms with Gasteiger partial charge in [-0.1, -0.05) is 12.1 Å². The van der Waals surface area contributed by atoms with Crippen LogP contribution >= 0.6 is 0 Å². The predicted molar refractivity (Wildman–Crippen MR) is 98.8 cm³/mol. The molecule has 142 valence electrons. The predicted octanol–water partition coefficient (Wildman–Crippen LogP) is 1.88. The van der Waals surface area contributed by atoms with Crippen LogP contribution in [0.2, 0.25) is 0 Å². The minimum atomic E-state index is -0.663. The SMILES string of the molecule is COCCOCCOCCOC(=O)/C(C#N)=C\c1ccc(N(C)C)cc1. The summed E-state index contributed by atoms with van der Waals surface area (Å²) in [6, 6.07) is 9.37. The van der Waals surface area contributed by atoms with E-state index in [0.717, 1.165) is 11.3 Å². The fraction of sp³-hybridized carbons (Fsp3) is 0.474. The van der Waals surface area contributed by atoms with Crippen LogP contribution in [0.15, 0.2) is 29.8 Å². The van der Waals surface area contributed by atoms with Gasteiger partial charge in [0, 0.05) is 26.9 Å². The number of hydrogen-bond donors (Lipinski definition) is 0. The molecule has 26 heavy (non-hydrogen) atoms. The number of esters is 1. The van der Waals surface area contributed by atoms with E-state index in [2.05, 4.69) is 0 Å². The molecule has 0 radical (unpaired) electrons. The Balaban J connectivity index is 2.34. The minimum absolute atomic E-state index is 0.0505. The van der Waals surface area contributed by atoms with Crippen molar-refractivity contribution >= 4 is 17.7 Å². The summed E-state index contributed by atoms with van der Waals surface area (Å²) in [5, 5.41) is 9.16. The Hall–Kier alpha value is -2.40. The lowest BCUT2D eigenvalue weighted by Crippen LogP contribution is -2.14. The zero-order valence-corrected chi connectivity index (χ0v) is 15.6. The van der Waals surface area contributed by atoms with Crippen LogP contribution in [0.4, 0.5) is 5.69 Å². The maximum absolute atomic E-state index is 11.9. The molecule has 7 heteroatoms. The molecule has 0 bridgehead atoms. The molecule has 0 aromatic heterocycles. The van der Waals surface area contributed by atoms with Crippen molar-refractivity contribution in [3.8, 4) is 6.07 Å². The van der Waals surface area contributed by atoms with Gasteiger partial charge in [0.15, 0.2) is 0 Å². The van der Waals surface area contributed by atoms with Gasteiger partial charge in [0.2, 0.25) is 0 Å². The van der Waals surface area contributed by atoms with Gasteiger partial charge >= 0.3 is 5.97 Å². The molecule has 1 aromatic carbocycles. The third-order valence-electron chi connectivity index (χ3n) is 3.33. The molecule has 0 aliphatic carbocycles. The molecule has 0 unspecified atom stereocenters. The fourth-order valence-corrected chi connectivity index (χ4v) is 1.91. The first-order valence-corrected chi connectivity index (χ1v) is 8.29. The molecule has 0 aliphatic rings. The molecule has 0 heterocycles. The molecule has 0 aliphatic heterocycles. The molecule has 7 nitrogen and oxygen atoms in total. The number of ether oxygens (including phenoxy) is 4. The van der Waals surface area contributed by atoms with E-state index in [1.54, 1.807) is 7.11 Å². The van der Waals surface area contributed by atoms with E-state index < -0.39 is 5.97 Å². The largest absolute Gasteiger partial charge is 0.459 e. The van der Waals surface area contributed by atoms with E-state index in [4.69, 9.17) is 24.2 Å². The van der Waals surface area contributed by atoms with Crippen molar-refractivity contribution in [2.24, 2.45) is 0 Å². The van der Waals surface area contributed by atoms with Crippen molar-refractivity contribution < 1.29 is 23.7 Å². The van der Waals surface area contributed by atoms with Gasteiger partial charge in [0.25, 0.3) is 0 Å². The molecule has 0 saturated carbocycles. The van der Waals surface area contributed by atoms with Gasteiger partial charge in [-0.2, -0.15) is 5.26 Å². The Morgan fingerprint density at radius 1 is 1.04 bits per heavy atom. The van der Waals surface area contributed by atoms with Crippen LogP contribution in [0.25, 0.3) is 6.08 Å². The second-order valence-corrected chi connectivity index (χ2v) is 5.51. The van der Waals surface area contributed by atoms with E-state index in [-0.39, 0.29) is 18.8 Å². The van der Waals surface area contributed by atoms with Crippen molar-refractivity contribution in [1.82, 2.24) is 0 Å². The van der Waals surface area contributed by atoms with Gasteiger partial charge in [0.05, 0.1) is 33.0 Å². The molecule has 0 saturated heterocycles. The third-order valence-corrected chi connectivity index (χ3v) is 3.33. The lowest BCUT2D eigenvalue weighted by Gasteiger charge is -2.11. The van der Waals surface area contributed by atoms with Gasteiger partial charge in [-0.15, -0.1) is 0 Å². The van der Waals surface area contributed by atoms with E-state index in [1.807, 2.05) is 49.3 Å². The molecule has 0 N–H and O–H groups in total. The number of carbonyl (C=O) groups excluding carboxylic acids is 1. The van der Waals surface area contributed by atoms with Crippen LogP contribution in [-0.4, -0.2) is 66.8 Å². The monoisotopic (exact) mass is 362 g/mol. The molecule has 0 amide bonds. The van der Waals surface area contributed by atoms with Crippen LogP contribution < -0.4 is 4.90 Å². The van der Waals surface area contributed by atoms with Gasteiger partial charge in [-0.3, -0.25) is 0 Å². The first-order valence-electron chi connectivity index (χ1n) is 8.29. The average molecular weight is 362 g/mol. The maximum Gasteiger partial charge on any atom is 0.348 e. The first kappa shape index (κ1) is 21.6. The Bertz CT molecular complexity index is 605. The molecule has 1 aromatic rings. The van der Waals surface area contributed by atoms with Crippen LogP contribution in [0.1, 0.15) is 5.56 Å². The van der Waals surface area contributed by atoms with Crippen molar-refractivity contribution in [1.29, 1.82) is 5.26 Å². The van der Waals surface area contributed by atoms with Crippen molar-refractivity contribution in [2.75, 3.05) is 65.7 Å². The average Bonchev–Trinajstić information content (AvgIpc) is 2.65. The summed E-state index contributed by atoms with van der Waals surface area (Å²) in [4.78, 5) is 13.9. The van der Waals surface area contributed by atoms with Crippen LogP contribution in [-0.2, 0) is 23.7 Å². The summed E-state index contributed by atoms with van der Waals surface area (Å²) < 4.78 is 20.4. The number of hydrogen-bond acceptors (Lipinski definition) is 7. The molecule has 0 fully saturated rings. The number of carbonyl (C=O) groups is 1. The molecule has 0 spiro atoms. The highest BCUT2D eigenvalue weighted by atomic mass is 16.6. The third kappa shape index (κ3) is 8.62. The Labute approximate surface area is 154 Å². The standard InChI is InChI=1S/C19H26N2O5/c1-21(2)18-6-4-16(5-7-18)14-17(15-20)19(22)26-13-12-25-11-10-24-9-8-23-3/h4-7,14H,8-13H2,1-3H3/b17-14-. The second kappa shape index (κ2) is 12.9. The van der Waals surface area contributed by atoms with Gasteiger partial charge in [0.1, 0.15) is 18.2 Å². The van der Waals surface area contributed by atoms with Gasteiger partial charge in [-0.05, 0) is 23.8 Å². The van der Waals surface area contributed by atoms with Crippen molar-refractivity contribution in [2.45, 2.75) is 0 Å². The summed E-state index contributed by atoms with van der Waals surface area (Å²) in [6.07, 6.45) is 1.51. The van der Waals surface area contributed by atoms with Crippen LogP contribution in [0.5, 0.6) is 0 Å². The highest BCUT2D eigenvalue weighted by molar-refractivity contribution is 5.97. The smallest absolute Gasteiger partial charge is 0.348 e. The normalized spacial score (nSPS) is 11.1. The summed E-state index contributed by atoms with van der Waals surface area (Å²) in [6.45, 7) is 2.23. The summed E-state index contributed by atoms with van der Waals surface area (Å²) in [5.41, 5.74) is 1.74. The number of rotatable bonds is 12. The minimum Gasteiger partial charge on any atom is -0.459 e. The zero-order valence-electron chi connectivity index (χ0n) is 15.6. The molecule has 1 rings (SSSR count). The Kier molecular flexibility index (Phi) is 10.7. The molecular weight excluding hydrogens is 336 g/mol. The van der Waals surface area contributed by atoms with E-state index in [1.165, 1.54) is 6.08 Å². The lowest BCUT2D eigenvalue weighted by atomic mass is 10.1. The van der Waals surface area contributed by atoms with E-state index in [9.17, 15) is 4.79 Å². The van der Waals surface area contributed by atoms with E-state index >= 15 is 0 Å². The zero-order chi connectivity index (χ0) is 19.2.